The summed E-state index contributed by atoms with van der Waals surface area (Å²) in [7, 11) is 0. The summed E-state index contributed by atoms with van der Waals surface area (Å²) >= 11 is 0. The summed E-state index contributed by atoms with van der Waals surface area (Å²) in [6, 6.07) is 0.231. The standard InChI is InChI=1S/C11H21F2N/c1-5-9(4)10-6-14(8(2)3)7-11(10,12)13/h8-10H,5-7H2,1-4H3. The van der Waals surface area contributed by atoms with Crippen molar-refractivity contribution in [2.24, 2.45) is 11.8 Å². The highest BCUT2D eigenvalue weighted by molar-refractivity contribution is 4.93. The van der Waals surface area contributed by atoms with Crippen molar-refractivity contribution in [3.63, 3.8) is 0 Å². The first-order chi connectivity index (χ1) is 6.38. The number of alkyl halides is 2. The van der Waals surface area contributed by atoms with Crippen molar-refractivity contribution in [2.45, 2.75) is 46.1 Å². The van der Waals surface area contributed by atoms with E-state index in [0.29, 0.717) is 6.54 Å². The van der Waals surface area contributed by atoms with Crippen LogP contribution in [-0.2, 0) is 0 Å². The Morgan fingerprint density at radius 2 is 1.93 bits per heavy atom. The number of hydrogen-bond donors (Lipinski definition) is 0. The topological polar surface area (TPSA) is 3.24 Å². The Labute approximate surface area is 85.5 Å². The van der Waals surface area contributed by atoms with Gasteiger partial charge < -0.3 is 0 Å². The molecular formula is C11H21F2N. The maximum Gasteiger partial charge on any atom is 0.264 e. The van der Waals surface area contributed by atoms with Crippen LogP contribution in [0.15, 0.2) is 0 Å². The highest BCUT2D eigenvalue weighted by Crippen LogP contribution is 2.39. The highest BCUT2D eigenvalue weighted by atomic mass is 19.3. The molecule has 0 bridgehead atoms. The molecule has 0 aromatic heterocycles. The van der Waals surface area contributed by atoms with Gasteiger partial charge in [-0.15, -0.1) is 0 Å². The molecule has 0 aliphatic carbocycles. The van der Waals surface area contributed by atoms with Gasteiger partial charge in [-0.1, -0.05) is 20.3 Å². The molecule has 0 aromatic rings. The third kappa shape index (κ3) is 2.25. The van der Waals surface area contributed by atoms with E-state index in [4.69, 9.17) is 0 Å². The molecule has 2 atom stereocenters. The summed E-state index contributed by atoms with van der Waals surface area (Å²) < 4.78 is 27.2. The predicted octanol–water partition coefficient (Wildman–Crippen LogP) is 3.01. The Kier molecular flexibility index (Phi) is 3.51. The molecule has 0 saturated carbocycles. The van der Waals surface area contributed by atoms with Crippen molar-refractivity contribution >= 4 is 0 Å². The van der Waals surface area contributed by atoms with Crippen LogP contribution in [0.5, 0.6) is 0 Å². The average Bonchev–Trinajstić information content (AvgIpc) is 2.40. The first-order valence-electron chi connectivity index (χ1n) is 5.50. The fourth-order valence-corrected chi connectivity index (χ4v) is 2.11. The molecule has 3 heteroatoms. The largest absolute Gasteiger partial charge is 0.295 e. The molecule has 1 saturated heterocycles. The van der Waals surface area contributed by atoms with Gasteiger partial charge in [0.2, 0.25) is 0 Å². The van der Waals surface area contributed by atoms with Crippen LogP contribution in [-0.4, -0.2) is 30.0 Å². The molecule has 2 unspecified atom stereocenters. The monoisotopic (exact) mass is 205 g/mol. The highest BCUT2D eigenvalue weighted by Gasteiger charge is 2.49. The molecule has 1 nitrogen and oxygen atoms in total. The van der Waals surface area contributed by atoms with Gasteiger partial charge in [0, 0.05) is 18.5 Å². The first-order valence-corrected chi connectivity index (χ1v) is 5.50. The predicted molar refractivity (Wildman–Crippen MR) is 54.6 cm³/mol. The molecule has 0 amide bonds. The number of likely N-dealkylation sites (tertiary alicyclic amines) is 1. The van der Waals surface area contributed by atoms with Crippen molar-refractivity contribution < 1.29 is 8.78 Å². The van der Waals surface area contributed by atoms with Crippen molar-refractivity contribution in [3.05, 3.63) is 0 Å². The Bertz CT molecular complexity index is 192. The minimum Gasteiger partial charge on any atom is -0.295 e. The lowest BCUT2D eigenvalue weighted by Crippen LogP contribution is -2.32. The van der Waals surface area contributed by atoms with Gasteiger partial charge in [0.25, 0.3) is 5.92 Å². The van der Waals surface area contributed by atoms with Gasteiger partial charge in [-0.3, -0.25) is 4.90 Å². The number of halogens is 2. The van der Waals surface area contributed by atoms with E-state index in [1.165, 1.54) is 0 Å². The molecule has 84 valence electrons. The van der Waals surface area contributed by atoms with Crippen LogP contribution in [0.1, 0.15) is 34.1 Å². The summed E-state index contributed by atoms with van der Waals surface area (Å²) in [6.07, 6.45) is 0.839. The van der Waals surface area contributed by atoms with Gasteiger partial charge in [0.05, 0.1) is 6.54 Å². The van der Waals surface area contributed by atoms with Crippen LogP contribution in [0.4, 0.5) is 8.78 Å². The smallest absolute Gasteiger partial charge is 0.264 e. The lowest BCUT2D eigenvalue weighted by atomic mass is 9.89. The summed E-state index contributed by atoms with van der Waals surface area (Å²) in [5.74, 6) is -2.82. The SMILES string of the molecule is CCC(C)C1CN(C(C)C)CC1(F)F. The molecule has 1 aliphatic rings. The molecule has 1 aliphatic heterocycles. The van der Waals surface area contributed by atoms with E-state index in [2.05, 4.69) is 0 Å². The van der Waals surface area contributed by atoms with Crippen LogP contribution >= 0.6 is 0 Å². The average molecular weight is 205 g/mol. The van der Waals surface area contributed by atoms with Crippen LogP contribution in [0.25, 0.3) is 0 Å². The van der Waals surface area contributed by atoms with E-state index in [9.17, 15) is 8.78 Å². The molecule has 1 rings (SSSR count). The zero-order chi connectivity index (χ0) is 10.9. The van der Waals surface area contributed by atoms with Gasteiger partial charge in [-0.05, 0) is 19.8 Å². The van der Waals surface area contributed by atoms with Crippen molar-refractivity contribution in [1.82, 2.24) is 4.90 Å². The summed E-state index contributed by atoms with van der Waals surface area (Å²) in [5.41, 5.74) is 0. The molecule has 0 spiro atoms. The maximum atomic E-state index is 13.6. The molecule has 0 aromatic carbocycles. The Hall–Kier alpha value is -0.180. The Morgan fingerprint density at radius 3 is 2.29 bits per heavy atom. The zero-order valence-electron chi connectivity index (χ0n) is 9.56. The van der Waals surface area contributed by atoms with Crippen molar-refractivity contribution in [3.8, 4) is 0 Å². The molecule has 1 fully saturated rings. The summed E-state index contributed by atoms with van der Waals surface area (Å²) in [6.45, 7) is 8.38. The van der Waals surface area contributed by atoms with E-state index < -0.39 is 11.8 Å². The van der Waals surface area contributed by atoms with E-state index in [1.54, 1.807) is 0 Å². The van der Waals surface area contributed by atoms with Gasteiger partial charge in [0.15, 0.2) is 0 Å². The third-order valence-electron chi connectivity index (χ3n) is 3.45. The fraction of sp³-hybridized carbons (Fsp3) is 1.00. The molecule has 14 heavy (non-hydrogen) atoms. The maximum absolute atomic E-state index is 13.6. The lowest BCUT2D eigenvalue weighted by Gasteiger charge is -2.23. The van der Waals surface area contributed by atoms with E-state index in [0.717, 1.165) is 6.42 Å². The van der Waals surface area contributed by atoms with Gasteiger partial charge in [0.1, 0.15) is 0 Å². The second-order valence-corrected chi connectivity index (χ2v) is 4.78. The number of rotatable bonds is 3. The first kappa shape index (κ1) is 11.9. The quantitative estimate of drug-likeness (QED) is 0.684. The van der Waals surface area contributed by atoms with Crippen LogP contribution < -0.4 is 0 Å². The van der Waals surface area contributed by atoms with E-state index >= 15 is 0 Å². The zero-order valence-corrected chi connectivity index (χ0v) is 9.56. The molecular weight excluding hydrogens is 184 g/mol. The van der Waals surface area contributed by atoms with Crippen molar-refractivity contribution in [2.75, 3.05) is 13.1 Å². The number of hydrogen-bond acceptors (Lipinski definition) is 1. The second kappa shape index (κ2) is 4.13. The number of nitrogens with zero attached hydrogens (tertiary/aromatic N) is 1. The summed E-state index contributed by atoms with van der Waals surface area (Å²) in [4.78, 5) is 1.89. The van der Waals surface area contributed by atoms with E-state index in [1.807, 2.05) is 32.6 Å². The fourth-order valence-electron chi connectivity index (χ4n) is 2.11. The lowest BCUT2D eigenvalue weighted by molar-refractivity contribution is -0.0452. The van der Waals surface area contributed by atoms with E-state index in [-0.39, 0.29) is 18.5 Å². The van der Waals surface area contributed by atoms with Gasteiger partial charge >= 0.3 is 0 Å². The van der Waals surface area contributed by atoms with Crippen LogP contribution in [0.2, 0.25) is 0 Å². The second-order valence-electron chi connectivity index (χ2n) is 4.78. The summed E-state index contributed by atoms with van der Waals surface area (Å²) in [5, 5.41) is 0. The van der Waals surface area contributed by atoms with Crippen LogP contribution in [0.3, 0.4) is 0 Å². The van der Waals surface area contributed by atoms with Crippen molar-refractivity contribution in [1.29, 1.82) is 0 Å². The van der Waals surface area contributed by atoms with Gasteiger partial charge in [-0.2, -0.15) is 0 Å². The molecule has 0 radical (unpaired) electrons. The minimum absolute atomic E-state index is 0.0559. The minimum atomic E-state index is -2.49. The normalized spacial score (nSPS) is 29.8. The molecule has 0 N–H and O–H groups in total. The molecule has 1 heterocycles. The third-order valence-corrected chi connectivity index (χ3v) is 3.45. The van der Waals surface area contributed by atoms with Gasteiger partial charge in [-0.25, -0.2) is 8.78 Å². The Morgan fingerprint density at radius 1 is 1.36 bits per heavy atom. The van der Waals surface area contributed by atoms with Crippen LogP contribution in [0, 0.1) is 11.8 Å². The Balaban J connectivity index is 2.68.